The molecule has 4 nitrogen and oxygen atoms in total. The number of nitrogens with zero attached hydrogens (tertiary/aromatic N) is 1. The molecule has 1 aliphatic heterocycles. The summed E-state index contributed by atoms with van der Waals surface area (Å²) in [6, 6.07) is 7.90. The fourth-order valence-electron chi connectivity index (χ4n) is 3.93. The van der Waals surface area contributed by atoms with Crippen molar-refractivity contribution < 1.29 is 14.7 Å². The lowest BCUT2D eigenvalue weighted by atomic mass is 9.81. The van der Waals surface area contributed by atoms with Crippen LogP contribution in [0.15, 0.2) is 28.7 Å². The molecule has 0 spiro atoms. The molecule has 0 radical (unpaired) electrons. The summed E-state index contributed by atoms with van der Waals surface area (Å²) in [5.41, 5.74) is 0.436. The van der Waals surface area contributed by atoms with Crippen molar-refractivity contribution in [2.45, 2.75) is 32.1 Å². The fraction of sp³-hybridized carbons (Fsp3) is 0.529. The Balaban J connectivity index is 1.63. The second-order valence-corrected chi connectivity index (χ2v) is 7.27. The summed E-state index contributed by atoms with van der Waals surface area (Å²) >= 11 is 3.49. The summed E-state index contributed by atoms with van der Waals surface area (Å²) in [7, 11) is 0. The molecular weight excluding hydrogens is 346 g/mol. The first-order valence-corrected chi connectivity index (χ1v) is 8.57. The summed E-state index contributed by atoms with van der Waals surface area (Å²) in [5, 5.41) is 9.57. The third-order valence-electron chi connectivity index (χ3n) is 5.22. The summed E-state index contributed by atoms with van der Waals surface area (Å²) in [6.07, 6.45) is 3.73. The van der Waals surface area contributed by atoms with Gasteiger partial charge in [-0.05, 0) is 36.8 Å². The maximum absolute atomic E-state index is 12.4. The first-order valence-electron chi connectivity index (χ1n) is 7.77. The van der Waals surface area contributed by atoms with Gasteiger partial charge in [0.25, 0.3) is 0 Å². The summed E-state index contributed by atoms with van der Waals surface area (Å²) in [6.45, 7) is 1.00. The summed E-state index contributed by atoms with van der Waals surface area (Å²) in [5.74, 6) is -0.515. The normalized spacial score (nSPS) is 27.0. The van der Waals surface area contributed by atoms with Crippen molar-refractivity contribution in [2.24, 2.45) is 11.3 Å². The molecule has 2 aliphatic rings. The number of carboxylic acids is 1. The van der Waals surface area contributed by atoms with E-state index in [0.29, 0.717) is 32.4 Å². The highest BCUT2D eigenvalue weighted by Crippen LogP contribution is 2.49. The zero-order chi connectivity index (χ0) is 15.7. The Morgan fingerprint density at radius 1 is 1.36 bits per heavy atom. The first kappa shape index (κ1) is 15.5. The van der Waals surface area contributed by atoms with Gasteiger partial charge in [0, 0.05) is 24.0 Å². The Labute approximate surface area is 138 Å². The predicted octanol–water partition coefficient (Wildman–Crippen LogP) is 3.10. The van der Waals surface area contributed by atoms with E-state index in [2.05, 4.69) is 15.9 Å². The van der Waals surface area contributed by atoms with Crippen LogP contribution in [0.1, 0.15) is 31.2 Å². The minimum absolute atomic E-state index is 0.0748. The van der Waals surface area contributed by atoms with Crippen LogP contribution in [0.5, 0.6) is 0 Å². The molecule has 5 heteroatoms. The van der Waals surface area contributed by atoms with Crippen LogP contribution in [0, 0.1) is 11.3 Å². The number of rotatable bonds is 4. The van der Waals surface area contributed by atoms with Crippen molar-refractivity contribution in [1.82, 2.24) is 4.90 Å². The van der Waals surface area contributed by atoms with Gasteiger partial charge >= 0.3 is 5.97 Å². The van der Waals surface area contributed by atoms with Gasteiger partial charge in [-0.3, -0.25) is 9.59 Å². The van der Waals surface area contributed by atoms with Gasteiger partial charge in [-0.2, -0.15) is 0 Å². The van der Waals surface area contributed by atoms with Gasteiger partial charge in [-0.1, -0.05) is 40.5 Å². The highest BCUT2D eigenvalue weighted by Gasteiger charge is 2.55. The Morgan fingerprint density at radius 2 is 2.14 bits per heavy atom. The lowest BCUT2D eigenvalue weighted by molar-refractivity contribution is -0.149. The number of aryl methyl sites for hydroxylation is 1. The van der Waals surface area contributed by atoms with Crippen LogP contribution in [0.4, 0.5) is 0 Å². The van der Waals surface area contributed by atoms with Gasteiger partial charge in [0.2, 0.25) is 5.91 Å². The van der Waals surface area contributed by atoms with Crippen LogP contribution in [0.2, 0.25) is 0 Å². The van der Waals surface area contributed by atoms with Crippen molar-refractivity contribution in [3.8, 4) is 0 Å². The number of likely N-dealkylation sites (tertiary alicyclic amines) is 1. The van der Waals surface area contributed by atoms with Gasteiger partial charge in [-0.25, -0.2) is 0 Å². The Hall–Kier alpha value is -1.36. The molecular formula is C17H20BrNO3. The van der Waals surface area contributed by atoms with Crippen molar-refractivity contribution >= 4 is 27.8 Å². The number of hydrogen-bond acceptors (Lipinski definition) is 2. The number of carbonyl (C=O) groups is 2. The number of carboxylic acid groups (broad SMARTS) is 1. The van der Waals surface area contributed by atoms with E-state index in [-0.39, 0.29) is 11.8 Å². The Kier molecular flexibility index (Phi) is 4.26. The zero-order valence-corrected chi connectivity index (χ0v) is 14.0. The smallest absolute Gasteiger partial charge is 0.311 e. The maximum Gasteiger partial charge on any atom is 0.311 e. The molecule has 0 unspecified atom stereocenters. The maximum atomic E-state index is 12.4. The van der Waals surface area contributed by atoms with Crippen LogP contribution in [-0.4, -0.2) is 35.0 Å². The number of fused-ring (bicyclic) bond motifs is 1. The number of benzene rings is 1. The van der Waals surface area contributed by atoms with E-state index >= 15 is 0 Å². The minimum atomic E-state index is -0.726. The summed E-state index contributed by atoms with van der Waals surface area (Å²) < 4.78 is 1.02. The average Bonchev–Trinajstić information content (AvgIpc) is 3.04. The number of amides is 1. The van der Waals surface area contributed by atoms with Crippen LogP contribution < -0.4 is 0 Å². The van der Waals surface area contributed by atoms with Crippen LogP contribution >= 0.6 is 15.9 Å². The third-order valence-corrected chi connectivity index (χ3v) is 5.99. The lowest BCUT2D eigenvalue weighted by Crippen LogP contribution is -2.37. The molecule has 0 bridgehead atoms. The fourth-order valence-corrected chi connectivity index (χ4v) is 4.41. The van der Waals surface area contributed by atoms with Gasteiger partial charge in [0.15, 0.2) is 0 Å². The van der Waals surface area contributed by atoms with Gasteiger partial charge < -0.3 is 10.0 Å². The molecule has 1 heterocycles. The lowest BCUT2D eigenvalue weighted by Gasteiger charge is -2.23. The van der Waals surface area contributed by atoms with E-state index in [9.17, 15) is 14.7 Å². The van der Waals surface area contributed by atoms with Gasteiger partial charge in [0.05, 0.1) is 5.41 Å². The van der Waals surface area contributed by atoms with Crippen molar-refractivity contribution in [3.63, 3.8) is 0 Å². The van der Waals surface area contributed by atoms with Crippen molar-refractivity contribution in [2.75, 3.05) is 13.1 Å². The molecule has 1 saturated heterocycles. The summed E-state index contributed by atoms with van der Waals surface area (Å²) in [4.78, 5) is 25.9. The molecule has 0 aromatic heterocycles. The minimum Gasteiger partial charge on any atom is -0.481 e. The monoisotopic (exact) mass is 365 g/mol. The van der Waals surface area contributed by atoms with E-state index in [0.717, 1.165) is 22.9 Å². The molecule has 22 heavy (non-hydrogen) atoms. The van der Waals surface area contributed by atoms with Gasteiger partial charge in [-0.15, -0.1) is 0 Å². The standard InChI is InChI=1S/C17H20BrNO3/c18-14-6-2-1-4-12(14)7-8-15(20)19-10-13-5-3-9-17(13,11-19)16(21)22/h1-2,4,6,13H,3,5,7-11H2,(H,21,22)/t13-,17+/m0/s1. The number of halogens is 1. The average molecular weight is 366 g/mol. The van der Waals surface area contributed by atoms with E-state index < -0.39 is 11.4 Å². The molecule has 2 fully saturated rings. The second kappa shape index (κ2) is 6.03. The molecule has 118 valence electrons. The van der Waals surface area contributed by atoms with E-state index in [1.165, 1.54) is 0 Å². The quantitative estimate of drug-likeness (QED) is 0.891. The van der Waals surface area contributed by atoms with E-state index in [1.807, 2.05) is 24.3 Å². The highest BCUT2D eigenvalue weighted by molar-refractivity contribution is 9.10. The molecule has 1 aromatic carbocycles. The number of aliphatic carboxylic acids is 1. The van der Waals surface area contributed by atoms with Crippen molar-refractivity contribution in [1.29, 1.82) is 0 Å². The molecule has 1 N–H and O–H groups in total. The van der Waals surface area contributed by atoms with Crippen molar-refractivity contribution in [3.05, 3.63) is 34.3 Å². The van der Waals surface area contributed by atoms with Crippen LogP contribution in [0.25, 0.3) is 0 Å². The Morgan fingerprint density at radius 3 is 2.82 bits per heavy atom. The molecule has 1 amide bonds. The topological polar surface area (TPSA) is 57.6 Å². The van der Waals surface area contributed by atoms with Crippen LogP contribution in [-0.2, 0) is 16.0 Å². The molecule has 1 saturated carbocycles. The number of carbonyl (C=O) groups excluding carboxylic acids is 1. The van der Waals surface area contributed by atoms with E-state index in [4.69, 9.17) is 0 Å². The zero-order valence-electron chi connectivity index (χ0n) is 12.4. The van der Waals surface area contributed by atoms with E-state index in [1.54, 1.807) is 4.90 Å². The first-order chi connectivity index (χ1) is 10.5. The molecule has 3 rings (SSSR count). The predicted molar refractivity (Wildman–Crippen MR) is 86.5 cm³/mol. The SMILES string of the molecule is O=C(CCc1ccccc1Br)N1C[C@@H]2CCC[C@@]2(C(=O)O)C1. The Bertz CT molecular complexity index is 603. The van der Waals surface area contributed by atoms with Gasteiger partial charge in [0.1, 0.15) is 0 Å². The second-order valence-electron chi connectivity index (χ2n) is 6.42. The largest absolute Gasteiger partial charge is 0.481 e. The molecule has 1 aliphatic carbocycles. The third kappa shape index (κ3) is 2.67. The number of hydrogen-bond donors (Lipinski definition) is 1. The molecule has 1 aromatic rings. The molecule has 2 atom stereocenters. The highest BCUT2D eigenvalue weighted by atomic mass is 79.9. The van der Waals surface area contributed by atoms with Crippen LogP contribution in [0.3, 0.4) is 0 Å².